The van der Waals surface area contributed by atoms with Crippen LogP contribution in [-0.4, -0.2) is 14.2 Å². The summed E-state index contributed by atoms with van der Waals surface area (Å²) in [4.78, 5) is 0. The molecule has 0 saturated heterocycles. The first-order valence-electron chi connectivity index (χ1n) is 2.63. The highest BCUT2D eigenvalue weighted by Crippen LogP contribution is 2.01. The predicted octanol–water partition coefficient (Wildman–Crippen LogP) is 1.83. The van der Waals surface area contributed by atoms with E-state index >= 15 is 0 Å². The normalized spacial score (nSPS) is 11.0. The Bertz CT molecular complexity index is 95.1. The molecule has 8 heavy (non-hydrogen) atoms. The molecule has 0 aliphatic rings. The van der Waals surface area contributed by atoms with Crippen molar-refractivity contribution >= 4 is 14.2 Å². The Morgan fingerprint density at radius 2 is 1.75 bits per heavy atom. The molecule has 0 fully saturated rings. The van der Waals surface area contributed by atoms with Crippen molar-refractivity contribution in [3.8, 4) is 0 Å². The van der Waals surface area contributed by atoms with Crippen molar-refractivity contribution < 1.29 is 4.43 Å². The number of hydrogen-bond donors (Lipinski definition) is 0. The van der Waals surface area contributed by atoms with Crippen molar-refractivity contribution in [3.63, 3.8) is 0 Å². The first-order chi connectivity index (χ1) is 3.42. The van der Waals surface area contributed by atoms with E-state index in [0.29, 0.717) is 0 Å². The molecule has 0 aliphatic heterocycles. The van der Waals surface area contributed by atoms with Gasteiger partial charge in [0.05, 0.1) is 0 Å². The fraction of sp³-hybridized carbons (Fsp3) is 0.800. The quantitative estimate of drug-likeness (QED) is 0.302. The van der Waals surface area contributed by atoms with Crippen LogP contribution in [0.4, 0.5) is 0 Å². The first-order valence-corrected chi connectivity index (χ1v) is 6.04. The van der Waals surface area contributed by atoms with Crippen LogP contribution in [0, 0.1) is 0 Å². The van der Waals surface area contributed by atoms with Gasteiger partial charge in [0.15, 0.2) is 0 Å². The molecule has 2 nitrogen and oxygen atoms in total. The van der Waals surface area contributed by atoms with Crippen molar-refractivity contribution in [2.75, 3.05) is 0 Å². The third kappa shape index (κ3) is 5.69. The number of nitrogens with zero attached hydrogens (tertiary/aromatic N) is 1. The van der Waals surface area contributed by atoms with Gasteiger partial charge in [-0.05, 0) is 26.6 Å². The zero-order valence-corrected chi connectivity index (χ0v) is 6.86. The van der Waals surface area contributed by atoms with Crippen LogP contribution in [0.25, 0.3) is 5.41 Å². The molecule has 3 heteroatoms. The fourth-order valence-electron chi connectivity index (χ4n) is 0.443. The third-order valence-corrected chi connectivity index (χ3v) is 1.36. The summed E-state index contributed by atoms with van der Waals surface area (Å²) in [6.45, 7) is 7.62. The Labute approximate surface area is 51.5 Å². The summed E-state index contributed by atoms with van der Waals surface area (Å²) in [5.74, 6) is 0.0872. The Balaban J connectivity index is 3.55. The zero-order valence-electron chi connectivity index (χ0n) is 5.86. The summed E-state index contributed by atoms with van der Waals surface area (Å²) < 4.78 is 5.05. The van der Waals surface area contributed by atoms with Crippen LogP contribution >= 0.6 is 0 Å². The maximum atomic E-state index is 8.62. The molecule has 0 N–H and O–H groups in total. The third-order valence-electron chi connectivity index (χ3n) is 0.454. The molecule has 0 spiro atoms. The van der Waals surface area contributed by atoms with E-state index in [1.54, 1.807) is 6.92 Å². The minimum absolute atomic E-state index is 0.0872. The molecule has 0 aromatic carbocycles. The first kappa shape index (κ1) is 7.69. The van der Waals surface area contributed by atoms with Crippen LogP contribution in [0.15, 0.2) is 0 Å². The molecule has 0 heterocycles. The van der Waals surface area contributed by atoms with Gasteiger partial charge in [-0.25, -0.2) is 0 Å². The lowest BCUT2D eigenvalue weighted by Crippen LogP contribution is -2.27. The molecule has 48 valence electrons. The fourth-order valence-corrected chi connectivity index (χ4v) is 1.33. The van der Waals surface area contributed by atoms with Crippen LogP contribution in [0.3, 0.4) is 0 Å². The number of hydrogen-bond acceptors (Lipinski definition) is 1. The molecule has 0 aromatic heterocycles. The van der Waals surface area contributed by atoms with E-state index in [1.165, 1.54) is 0 Å². The lowest BCUT2D eigenvalue weighted by Gasteiger charge is -2.22. The molecule has 0 atom stereocenters. The van der Waals surface area contributed by atoms with Gasteiger partial charge in [0.1, 0.15) is 0 Å². The molecular weight excluding hydrogens is 118 g/mol. The van der Waals surface area contributed by atoms with E-state index in [1.807, 2.05) is 19.6 Å². The van der Waals surface area contributed by atoms with E-state index in [9.17, 15) is 0 Å². The topological polar surface area (TPSA) is 31.5 Å². The van der Waals surface area contributed by atoms with Crippen LogP contribution in [-0.2, 0) is 4.43 Å². The summed E-state index contributed by atoms with van der Waals surface area (Å²) in [7, 11) is -1.51. The SMILES string of the molecule is CC(=[N-])O[Si](C)(C)C. The standard InChI is InChI=1S/C5H12NOSi/c1-5(6)7-8(2,3)4/h1-4H3/q-1. The maximum absolute atomic E-state index is 8.62. The van der Waals surface area contributed by atoms with Crippen molar-refractivity contribution in [3.05, 3.63) is 5.41 Å². The highest BCUT2D eigenvalue weighted by Gasteiger charge is 2.12. The van der Waals surface area contributed by atoms with Crippen molar-refractivity contribution in [2.45, 2.75) is 26.6 Å². The Morgan fingerprint density at radius 1 is 1.38 bits per heavy atom. The highest BCUT2D eigenvalue weighted by molar-refractivity contribution is 6.71. The van der Waals surface area contributed by atoms with Gasteiger partial charge in [0.25, 0.3) is 0 Å². The van der Waals surface area contributed by atoms with Crippen molar-refractivity contribution in [1.29, 1.82) is 0 Å². The Hall–Kier alpha value is -0.313. The largest absolute Gasteiger partial charge is 0.777 e. The number of rotatable bonds is 1. The molecule has 0 unspecified atom stereocenters. The van der Waals surface area contributed by atoms with Crippen molar-refractivity contribution in [2.24, 2.45) is 0 Å². The van der Waals surface area contributed by atoms with Gasteiger partial charge in [-0.15, -0.1) is 0 Å². The predicted molar refractivity (Wildman–Crippen MR) is 38.5 cm³/mol. The second-order valence-corrected chi connectivity index (χ2v) is 7.16. The molecule has 0 saturated carbocycles. The molecule has 0 aliphatic carbocycles. The van der Waals surface area contributed by atoms with Gasteiger partial charge in [-0.2, -0.15) is 0 Å². The molecule has 0 aromatic rings. The van der Waals surface area contributed by atoms with Crippen LogP contribution in [0.5, 0.6) is 0 Å². The van der Waals surface area contributed by atoms with E-state index in [0.717, 1.165) is 0 Å². The monoisotopic (exact) mass is 130 g/mol. The summed E-state index contributed by atoms with van der Waals surface area (Å²) >= 11 is 0. The van der Waals surface area contributed by atoms with Crippen LogP contribution < -0.4 is 0 Å². The minimum atomic E-state index is -1.51. The Kier molecular flexibility index (Phi) is 2.21. The average molecular weight is 130 g/mol. The van der Waals surface area contributed by atoms with Gasteiger partial charge in [-0.3, -0.25) is 0 Å². The van der Waals surface area contributed by atoms with Gasteiger partial charge >= 0.3 is 0 Å². The molecule has 0 rings (SSSR count). The molecule has 0 amide bonds. The maximum Gasteiger partial charge on any atom is 0.238 e. The lowest BCUT2D eigenvalue weighted by atomic mass is 10.8. The van der Waals surface area contributed by atoms with Crippen molar-refractivity contribution in [1.82, 2.24) is 0 Å². The lowest BCUT2D eigenvalue weighted by molar-refractivity contribution is 0.557. The van der Waals surface area contributed by atoms with E-state index in [4.69, 9.17) is 9.84 Å². The Morgan fingerprint density at radius 3 is 1.75 bits per heavy atom. The summed E-state index contributed by atoms with van der Waals surface area (Å²) in [6, 6.07) is 0. The van der Waals surface area contributed by atoms with E-state index < -0.39 is 8.32 Å². The second-order valence-electron chi connectivity index (χ2n) is 2.73. The van der Waals surface area contributed by atoms with Gasteiger partial charge in [-0.1, -0.05) is 5.90 Å². The highest BCUT2D eigenvalue weighted by atomic mass is 28.4. The second kappa shape index (κ2) is 2.30. The summed E-state index contributed by atoms with van der Waals surface area (Å²) in [5.41, 5.74) is 0. The summed E-state index contributed by atoms with van der Waals surface area (Å²) in [6.07, 6.45) is 0. The minimum Gasteiger partial charge on any atom is -0.777 e. The van der Waals surface area contributed by atoms with Crippen LogP contribution in [0.2, 0.25) is 19.6 Å². The average Bonchev–Trinajstić information content (AvgIpc) is 1.21. The van der Waals surface area contributed by atoms with E-state index in [2.05, 4.69) is 0 Å². The van der Waals surface area contributed by atoms with E-state index in [-0.39, 0.29) is 5.90 Å². The molecule has 0 bridgehead atoms. The molecular formula is C5H12NOSi-. The smallest absolute Gasteiger partial charge is 0.238 e. The molecule has 0 radical (unpaired) electrons. The van der Waals surface area contributed by atoms with Gasteiger partial charge in [0.2, 0.25) is 8.32 Å². The van der Waals surface area contributed by atoms with Gasteiger partial charge in [0, 0.05) is 0 Å². The van der Waals surface area contributed by atoms with Gasteiger partial charge < -0.3 is 9.84 Å². The van der Waals surface area contributed by atoms with Crippen LogP contribution in [0.1, 0.15) is 6.92 Å². The zero-order chi connectivity index (χ0) is 6.78. The summed E-state index contributed by atoms with van der Waals surface area (Å²) in [5, 5.41) is 8.62.